The van der Waals surface area contributed by atoms with E-state index in [1.54, 1.807) is 6.92 Å². The predicted octanol–water partition coefficient (Wildman–Crippen LogP) is 0.845. The number of hydrogen-bond donors (Lipinski definition) is 5. The van der Waals surface area contributed by atoms with Gasteiger partial charge in [-0.2, -0.15) is 4.98 Å². The molecule has 0 bridgehead atoms. The molecule has 0 spiro atoms. The first-order chi connectivity index (χ1) is 18.0. The van der Waals surface area contributed by atoms with Crippen molar-refractivity contribution < 1.29 is 33.6 Å². The lowest BCUT2D eigenvalue weighted by Crippen LogP contribution is -2.44. The SMILES string of the molecule is C[C@H](OC(=O)C1CS[P@](=O)(OC[C@H]2O[C@@H](n3cnc4c(=O)[nH]c(N)nc43)[C@](C)(O)[C@@H]2O)N1)c1ccccc1. The summed E-state index contributed by atoms with van der Waals surface area (Å²) in [5.74, 6) is -0.561. The molecule has 204 valence electrons. The maximum absolute atomic E-state index is 13.2. The van der Waals surface area contributed by atoms with Crippen molar-refractivity contribution in [1.29, 1.82) is 0 Å². The van der Waals surface area contributed by atoms with Gasteiger partial charge in [-0.25, -0.2) is 10.1 Å². The van der Waals surface area contributed by atoms with Crippen LogP contribution in [-0.4, -0.2) is 71.9 Å². The first-order valence-electron chi connectivity index (χ1n) is 11.7. The average molecular weight is 567 g/mol. The number of carbonyl (C=O) groups excluding carboxylic acids is 1. The number of ether oxygens (including phenoxy) is 2. The van der Waals surface area contributed by atoms with E-state index in [2.05, 4.69) is 20.0 Å². The molecule has 0 radical (unpaired) electrons. The van der Waals surface area contributed by atoms with Crippen LogP contribution in [0.5, 0.6) is 0 Å². The first-order valence-corrected chi connectivity index (χ1v) is 14.9. The monoisotopic (exact) mass is 566 g/mol. The molecule has 0 saturated carbocycles. The molecule has 2 fully saturated rings. The fourth-order valence-electron chi connectivity index (χ4n) is 4.35. The molecule has 14 nitrogen and oxygen atoms in total. The van der Waals surface area contributed by atoms with Gasteiger partial charge in [0.1, 0.15) is 30.0 Å². The van der Waals surface area contributed by atoms with Crippen molar-refractivity contribution in [1.82, 2.24) is 24.6 Å². The van der Waals surface area contributed by atoms with Crippen molar-refractivity contribution >= 4 is 41.2 Å². The molecule has 3 aromatic rings. The van der Waals surface area contributed by atoms with Crippen LogP contribution in [0.25, 0.3) is 11.2 Å². The smallest absolute Gasteiger partial charge is 0.327 e. The fraction of sp³-hybridized carbons (Fsp3) is 0.455. The third kappa shape index (κ3) is 4.98. The molecular weight excluding hydrogens is 539 g/mol. The number of nitrogen functional groups attached to an aromatic ring is 1. The van der Waals surface area contributed by atoms with Crippen LogP contribution in [0.15, 0.2) is 41.5 Å². The van der Waals surface area contributed by atoms with Crippen molar-refractivity contribution in [2.75, 3.05) is 18.1 Å². The van der Waals surface area contributed by atoms with Crippen LogP contribution in [0.3, 0.4) is 0 Å². The molecule has 2 saturated heterocycles. The van der Waals surface area contributed by atoms with Crippen LogP contribution in [0.1, 0.15) is 31.7 Å². The molecule has 1 unspecified atom stereocenters. The number of aliphatic hydroxyl groups excluding tert-OH is 1. The summed E-state index contributed by atoms with van der Waals surface area (Å²) in [7, 11) is 0. The summed E-state index contributed by atoms with van der Waals surface area (Å²) >= 11 is 0.937. The molecular formula is C22H27N6O8PS. The zero-order valence-electron chi connectivity index (χ0n) is 20.4. The highest BCUT2D eigenvalue weighted by atomic mass is 32.7. The van der Waals surface area contributed by atoms with Gasteiger partial charge >= 0.3 is 12.7 Å². The van der Waals surface area contributed by atoms with E-state index in [0.29, 0.717) is 0 Å². The van der Waals surface area contributed by atoms with Gasteiger partial charge in [-0.3, -0.25) is 23.7 Å². The molecule has 7 atom stereocenters. The molecule has 16 heteroatoms. The number of nitrogens with two attached hydrogens (primary N) is 1. The number of hydrogen-bond acceptors (Lipinski definition) is 12. The molecule has 4 heterocycles. The fourth-order valence-corrected chi connectivity index (χ4v) is 8.23. The normalized spacial score (nSPS) is 32.0. The summed E-state index contributed by atoms with van der Waals surface area (Å²) in [5.41, 5.74) is 4.07. The van der Waals surface area contributed by atoms with Crippen LogP contribution < -0.4 is 16.4 Å². The quantitative estimate of drug-likeness (QED) is 0.199. The summed E-state index contributed by atoms with van der Waals surface area (Å²) in [6.45, 7) is -0.825. The van der Waals surface area contributed by atoms with Crippen LogP contribution in [0.4, 0.5) is 5.95 Å². The van der Waals surface area contributed by atoms with E-state index >= 15 is 0 Å². The number of H-pyrrole nitrogens is 1. The number of fused-ring (bicyclic) bond motifs is 1. The minimum atomic E-state index is -3.55. The van der Waals surface area contributed by atoms with Gasteiger partial charge in [0, 0.05) is 5.75 Å². The van der Waals surface area contributed by atoms with Crippen molar-refractivity contribution in [3.63, 3.8) is 0 Å². The Morgan fingerprint density at radius 2 is 2.16 bits per heavy atom. The van der Waals surface area contributed by atoms with Crippen molar-refractivity contribution in [2.24, 2.45) is 0 Å². The molecule has 2 aromatic heterocycles. The number of aliphatic hydroxyl groups is 2. The maximum Gasteiger partial charge on any atom is 0.327 e. The van der Waals surface area contributed by atoms with Crippen molar-refractivity contribution in [3.05, 3.63) is 52.6 Å². The van der Waals surface area contributed by atoms with Crippen LogP contribution in [0.2, 0.25) is 0 Å². The largest absolute Gasteiger partial charge is 0.457 e. The zero-order chi connectivity index (χ0) is 27.2. The Balaban J connectivity index is 1.23. The number of esters is 1. The van der Waals surface area contributed by atoms with E-state index in [4.69, 9.17) is 19.7 Å². The highest BCUT2D eigenvalue weighted by molar-refractivity contribution is 8.56. The summed E-state index contributed by atoms with van der Waals surface area (Å²) in [4.78, 5) is 35.1. The Bertz CT molecular complexity index is 1450. The van der Waals surface area contributed by atoms with E-state index in [1.165, 1.54) is 17.8 Å². The third-order valence-electron chi connectivity index (χ3n) is 6.44. The highest BCUT2D eigenvalue weighted by Gasteiger charge is 2.54. The Labute approximate surface area is 220 Å². The topological polar surface area (TPSA) is 204 Å². The molecule has 2 aliphatic heterocycles. The average Bonchev–Trinajstić information content (AvgIpc) is 3.54. The molecule has 1 aromatic carbocycles. The number of aromatic amines is 1. The number of benzene rings is 1. The van der Waals surface area contributed by atoms with E-state index in [1.807, 2.05) is 30.3 Å². The van der Waals surface area contributed by atoms with Gasteiger partial charge in [0.05, 0.1) is 12.9 Å². The number of nitrogens with zero attached hydrogens (tertiary/aromatic N) is 3. The van der Waals surface area contributed by atoms with Crippen LogP contribution >= 0.6 is 18.1 Å². The van der Waals surface area contributed by atoms with Crippen LogP contribution in [-0.2, 0) is 23.4 Å². The minimum Gasteiger partial charge on any atom is -0.457 e. The van der Waals surface area contributed by atoms with Gasteiger partial charge in [-0.15, -0.1) is 0 Å². The number of rotatable bonds is 7. The Morgan fingerprint density at radius 3 is 2.89 bits per heavy atom. The van der Waals surface area contributed by atoms with Gasteiger partial charge in [-0.1, -0.05) is 41.7 Å². The summed E-state index contributed by atoms with van der Waals surface area (Å²) < 4.78 is 31.5. The Hall–Kier alpha value is -2.78. The van der Waals surface area contributed by atoms with E-state index in [9.17, 15) is 24.4 Å². The van der Waals surface area contributed by atoms with E-state index < -0.39 is 54.4 Å². The summed E-state index contributed by atoms with van der Waals surface area (Å²) in [5, 5.41) is 24.5. The first kappa shape index (κ1) is 26.8. The Kier molecular flexibility index (Phi) is 7.11. The van der Waals surface area contributed by atoms with Crippen molar-refractivity contribution in [2.45, 2.75) is 50.0 Å². The summed E-state index contributed by atoms with van der Waals surface area (Å²) in [6.07, 6.45) is -3.03. The van der Waals surface area contributed by atoms with E-state index in [-0.39, 0.29) is 29.5 Å². The maximum atomic E-state index is 13.2. The molecule has 6 N–H and O–H groups in total. The van der Waals surface area contributed by atoms with Crippen LogP contribution in [0, 0.1) is 0 Å². The van der Waals surface area contributed by atoms with Gasteiger partial charge < -0.3 is 29.9 Å². The molecule has 0 amide bonds. The highest BCUT2D eigenvalue weighted by Crippen LogP contribution is 2.61. The minimum absolute atomic E-state index is 0.0247. The van der Waals surface area contributed by atoms with Gasteiger partial charge in [0.2, 0.25) is 5.95 Å². The lowest BCUT2D eigenvalue weighted by atomic mass is 9.96. The lowest BCUT2D eigenvalue weighted by Gasteiger charge is -2.27. The third-order valence-corrected chi connectivity index (χ3v) is 10.5. The van der Waals surface area contributed by atoms with Gasteiger partial charge in [-0.05, 0) is 19.4 Å². The van der Waals surface area contributed by atoms with E-state index in [0.717, 1.165) is 16.9 Å². The number of anilines is 1. The standard InChI is InChI=1S/C22H27N6O8PS/c1-11(12-6-4-3-5-7-12)35-19(31)13-9-38-37(33,27-13)34-8-14-16(29)22(2,32)20(36-14)28-10-24-15-17(28)25-21(23)26-18(15)30/h3-7,10-11,13-14,16,20,29,32H,8-9H2,1-2H3,(H,27,33)(H3,23,25,26,30)/t11-,13?,14+,16+,20+,22+,37+/m0/s1. The molecule has 38 heavy (non-hydrogen) atoms. The number of nitrogens with one attached hydrogen (secondary N) is 2. The zero-order valence-corrected chi connectivity index (χ0v) is 22.1. The number of imidazole rings is 1. The van der Waals surface area contributed by atoms with Gasteiger partial charge in [0.25, 0.3) is 5.56 Å². The predicted molar refractivity (Wildman–Crippen MR) is 137 cm³/mol. The van der Waals surface area contributed by atoms with Crippen molar-refractivity contribution in [3.8, 4) is 0 Å². The van der Waals surface area contributed by atoms with Gasteiger partial charge in [0.15, 0.2) is 17.4 Å². The molecule has 5 rings (SSSR count). The summed E-state index contributed by atoms with van der Waals surface area (Å²) in [6, 6.07) is 8.37. The molecule has 2 aliphatic rings. The lowest BCUT2D eigenvalue weighted by molar-refractivity contribution is -0.150. The number of carbonyl (C=O) groups is 1. The Morgan fingerprint density at radius 1 is 1.42 bits per heavy atom. The second-order valence-corrected chi connectivity index (χ2v) is 13.6. The second-order valence-electron chi connectivity index (χ2n) is 9.23. The number of aromatic nitrogens is 4. The second kappa shape index (κ2) is 10.1. The molecule has 0 aliphatic carbocycles.